The van der Waals surface area contributed by atoms with Gasteiger partial charge in [0.2, 0.25) is 0 Å². The van der Waals surface area contributed by atoms with E-state index in [0.29, 0.717) is 32.2 Å². The van der Waals surface area contributed by atoms with Gasteiger partial charge in [0.05, 0.1) is 38.7 Å². The van der Waals surface area contributed by atoms with Crippen LogP contribution in [0.15, 0.2) is 41.3 Å². The Hall–Kier alpha value is -2.63. The number of sulfone groups is 1. The summed E-state index contributed by atoms with van der Waals surface area (Å²) in [6, 6.07) is 8.05. The lowest BCUT2D eigenvalue weighted by Gasteiger charge is -2.18. The number of aryl methyl sites for hydroxylation is 2. The van der Waals surface area contributed by atoms with E-state index < -0.39 is 45.7 Å². The van der Waals surface area contributed by atoms with Gasteiger partial charge in [-0.1, -0.05) is 35.3 Å². The van der Waals surface area contributed by atoms with Crippen LogP contribution in [0.1, 0.15) is 41.5 Å². The van der Waals surface area contributed by atoms with Gasteiger partial charge in [0.25, 0.3) is 5.91 Å². The van der Waals surface area contributed by atoms with E-state index >= 15 is 0 Å². The minimum absolute atomic E-state index is 0.130. The number of halogens is 2. The van der Waals surface area contributed by atoms with Crippen molar-refractivity contribution in [3.05, 3.63) is 63.3 Å². The number of ether oxygens (including phenoxy) is 1. The molecule has 3 rings (SSSR count). The second kappa shape index (κ2) is 11.0. The predicted molar refractivity (Wildman–Crippen MR) is 141 cm³/mol. The van der Waals surface area contributed by atoms with Gasteiger partial charge in [0.15, 0.2) is 15.6 Å². The number of aliphatic hydroxyl groups excluding tert-OH is 1. The number of esters is 1. The Kier molecular flexibility index (Phi) is 8.60. The fraction of sp³-hybridized carbons (Fsp3) is 0.360. The summed E-state index contributed by atoms with van der Waals surface area (Å²) in [5, 5.41) is 23.6. The highest BCUT2D eigenvalue weighted by Crippen LogP contribution is 2.35. The molecule has 0 aliphatic carbocycles. The molecular formula is C25H28Cl2N2O7S. The number of amides is 1. The summed E-state index contributed by atoms with van der Waals surface area (Å²) in [4.78, 5) is 24.8. The molecule has 1 amide bonds. The van der Waals surface area contributed by atoms with E-state index in [-0.39, 0.29) is 11.5 Å². The molecule has 0 aliphatic rings. The van der Waals surface area contributed by atoms with Gasteiger partial charge in [-0.15, -0.1) is 0 Å². The molecule has 0 bridgehead atoms. The van der Waals surface area contributed by atoms with Crippen LogP contribution < -0.4 is 5.32 Å². The van der Waals surface area contributed by atoms with Crippen molar-refractivity contribution in [3.63, 3.8) is 0 Å². The SMILES string of the molecule is Cc1cc2c(cc(C(=O)NC(CO)c3ccc(S(=O)(=O)CC(=O)OCC(C)(C)O)cc3)n2C)c(Cl)c1Cl. The molecule has 1 unspecified atom stereocenters. The quantitative estimate of drug-likeness (QED) is 0.336. The molecule has 0 spiro atoms. The molecule has 3 aromatic rings. The van der Waals surface area contributed by atoms with Crippen LogP contribution >= 0.6 is 23.2 Å². The average molecular weight is 571 g/mol. The Morgan fingerprint density at radius 3 is 2.32 bits per heavy atom. The third-order valence-electron chi connectivity index (χ3n) is 5.66. The number of nitrogens with zero attached hydrogens (tertiary/aromatic N) is 1. The molecule has 0 saturated heterocycles. The summed E-state index contributed by atoms with van der Waals surface area (Å²) in [6.45, 7) is 3.88. The molecule has 12 heteroatoms. The molecule has 0 fully saturated rings. The van der Waals surface area contributed by atoms with Crippen LogP contribution in [-0.2, 0) is 26.4 Å². The number of benzene rings is 2. The molecule has 2 aromatic carbocycles. The topological polar surface area (TPSA) is 135 Å². The maximum absolute atomic E-state index is 13.1. The first-order valence-corrected chi connectivity index (χ1v) is 13.6. The van der Waals surface area contributed by atoms with Crippen LogP contribution in [0, 0.1) is 6.92 Å². The van der Waals surface area contributed by atoms with E-state index in [1.165, 1.54) is 38.1 Å². The molecule has 1 aromatic heterocycles. The number of carbonyl (C=O) groups is 2. The molecule has 1 atom stereocenters. The van der Waals surface area contributed by atoms with Crippen molar-refractivity contribution in [3.8, 4) is 0 Å². The average Bonchev–Trinajstić information content (AvgIpc) is 3.15. The van der Waals surface area contributed by atoms with E-state index in [9.17, 15) is 28.2 Å². The summed E-state index contributed by atoms with van der Waals surface area (Å²) in [6.07, 6.45) is 0. The van der Waals surface area contributed by atoms with Crippen molar-refractivity contribution < 1.29 is 33.0 Å². The molecule has 3 N–H and O–H groups in total. The lowest BCUT2D eigenvalue weighted by atomic mass is 10.1. The fourth-order valence-corrected chi connectivity index (χ4v) is 5.23. The molecular weight excluding hydrogens is 543 g/mol. The summed E-state index contributed by atoms with van der Waals surface area (Å²) in [5.74, 6) is -2.36. The van der Waals surface area contributed by atoms with Crippen molar-refractivity contribution in [2.45, 2.75) is 37.3 Å². The van der Waals surface area contributed by atoms with Crippen molar-refractivity contribution in [2.75, 3.05) is 19.0 Å². The number of carbonyl (C=O) groups excluding carboxylic acids is 2. The van der Waals surface area contributed by atoms with Gasteiger partial charge >= 0.3 is 5.97 Å². The van der Waals surface area contributed by atoms with Crippen LogP contribution in [-0.4, -0.2) is 59.6 Å². The van der Waals surface area contributed by atoms with Gasteiger partial charge < -0.3 is 24.8 Å². The summed E-state index contributed by atoms with van der Waals surface area (Å²) >= 11 is 12.6. The van der Waals surface area contributed by atoms with Crippen LogP contribution in [0.5, 0.6) is 0 Å². The van der Waals surface area contributed by atoms with Gasteiger partial charge in [-0.05, 0) is 56.2 Å². The predicted octanol–water partition coefficient (Wildman–Crippen LogP) is 3.34. The first kappa shape index (κ1) is 28.9. The minimum atomic E-state index is -4.01. The van der Waals surface area contributed by atoms with Crippen molar-refractivity contribution in [2.24, 2.45) is 7.05 Å². The van der Waals surface area contributed by atoms with E-state index in [2.05, 4.69) is 5.32 Å². The first-order chi connectivity index (χ1) is 17.1. The zero-order chi connectivity index (χ0) is 27.7. The number of aromatic nitrogens is 1. The summed E-state index contributed by atoms with van der Waals surface area (Å²) in [5.41, 5.74) is 0.945. The second-order valence-corrected chi connectivity index (χ2v) is 12.1. The molecule has 200 valence electrons. The Bertz CT molecular complexity index is 1440. The van der Waals surface area contributed by atoms with Crippen LogP contribution in [0.3, 0.4) is 0 Å². The number of aliphatic hydroxyl groups is 2. The molecule has 1 heterocycles. The van der Waals surface area contributed by atoms with Crippen LogP contribution in [0.4, 0.5) is 0 Å². The lowest BCUT2D eigenvalue weighted by Crippen LogP contribution is -2.32. The largest absolute Gasteiger partial charge is 0.462 e. The molecule has 37 heavy (non-hydrogen) atoms. The van der Waals surface area contributed by atoms with Crippen molar-refractivity contribution in [1.82, 2.24) is 9.88 Å². The van der Waals surface area contributed by atoms with Crippen molar-refractivity contribution >= 4 is 55.8 Å². The maximum atomic E-state index is 13.1. The van der Waals surface area contributed by atoms with Crippen molar-refractivity contribution in [1.29, 1.82) is 0 Å². The highest BCUT2D eigenvalue weighted by Gasteiger charge is 2.24. The molecule has 0 aliphatic heterocycles. The Morgan fingerprint density at radius 2 is 1.76 bits per heavy atom. The number of fused-ring (bicyclic) bond motifs is 1. The maximum Gasteiger partial charge on any atom is 0.321 e. The normalized spacial score (nSPS) is 13.0. The van der Waals surface area contributed by atoms with Gasteiger partial charge in [-0.2, -0.15) is 0 Å². The van der Waals surface area contributed by atoms with Gasteiger partial charge in [-0.3, -0.25) is 9.59 Å². The second-order valence-electron chi connectivity index (χ2n) is 9.35. The zero-order valence-corrected chi connectivity index (χ0v) is 23.0. The Balaban J connectivity index is 1.76. The van der Waals surface area contributed by atoms with E-state index in [0.717, 1.165) is 5.56 Å². The Labute approximate surface area is 224 Å². The zero-order valence-electron chi connectivity index (χ0n) is 20.7. The van der Waals surface area contributed by atoms with E-state index in [1.807, 2.05) is 13.0 Å². The number of rotatable bonds is 9. The number of hydrogen-bond acceptors (Lipinski definition) is 7. The molecule has 0 saturated carbocycles. The highest BCUT2D eigenvalue weighted by molar-refractivity contribution is 7.92. The van der Waals surface area contributed by atoms with E-state index in [1.54, 1.807) is 17.7 Å². The Morgan fingerprint density at radius 1 is 1.14 bits per heavy atom. The minimum Gasteiger partial charge on any atom is -0.462 e. The summed E-state index contributed by atoms with van der Waals surface area (Å²) < 4.78 is 31.6. The standard InChI is InChI=1S/C25H28Cl2N2O7S/c1-14-9-19-17(23(27)22(14)26)10-20(29(19)4)24(32)28-18(11-30)15-5-7-16(8-6-15)37(34,35)12-21(31)36-13-25(2,3)33/h5-10,18,30,33H,11-13H2,1-4H3,(H,28,32). The monoisotopic (exact) mass is 570 g/mol. The highest BCUT2D eigenvalue weighted by atomic mass is 35.5. The lowest BCUT2D eigenvalue weighted by molar-refractivity contribution is -0.146. The molecule has 9 nitrogen and oxygen atoms in total. The molecule has 0 radical (unpaired) electrons. The van der Waals surface area contributed by atoms with E-state index in [4.69, 9.17) is 27.9 Å². The fourth-order valence-electron chi connectivity index (χ4n) is 3.66. The first-order valence-electron chi connectivity index (χ1n) is 11.2. The number of nitrogens with one attached hydrogen (secondary N) is 1. The third kappa shape index (κ3) is 6.63. The smallest absolute Gasteiger partial charge is 0.321 e. The summed E-state index contributed by atoms with van der Waals surface area (Å²) in [7, 11) is -2.30. The third-order valence-corrected chi connectivity index (χ3v) is 8.25. The van der Waals surface area contributed by atoms with Gasteiger partial charge in [0.1, 0.15) is 12.3 Å². The number of hydrogen-bond donors (Lipinski definition) is 3. The van der Waals surface area contributed by atoms with Gasteiger partial charge in [0, 0.05) is 12.4 Å². The van der Waals surface area contributed by atoms with Gasteiger partial charge in [-0.25, -0.2) is 8.42 Å². The van der Waals surface area contributed by atoms with Crippen LogP contribution in [0.25, 0.3) is 10.9 Å². The van der Waals surface area contributed by atoms with Crippen LogP contribution in [0.2, 0.25) is 10.0 Å².